The Morgan fingerprint density at radius 3 is 2.38 bits per heavy atom. The fraction of sp³-hybridized carbons (Fsp3) is 0.125. The van der Waals surface area contributed by atoms with E-state index in [0.29, 0.717) is 0 Å². The van der Waals surface area contributed by atoms with Gasteiger partial charge in [-0.05, 0) is 12.1 Å². The summed E-state index contributed by atoms with van der Waals surface area (Å²) in [5, 5.41) is 0. The molecule has 0 spiro atoms. The molecule has 0 fully saturated rings. The first kappa shape index (κ1) is 9.44. The molecule has 1 rings (SSSR count). The zero-order valence-electron chi connectivity index (χ0n) is 6.59. The van der Waals surface area contributed by atoms with Gasteiger partial charge in [-0.1, -0.05) is 6.07 Å². The Morgan fingerprint density at radius 2 is 1.92 bits per heavy atom. The van der Waals surface area contributed by atoms with E-state index >= 15 is 0 Å². The minimum atomic E-state index is -0.860. The normalized spacial score (nSPS) is 9.69. The van der Waals surface area contributed by atoms with Crippen molar-refractivity contribution in [2.45, 2.75) is 0 Å². The minimum Gasteiger partial charge on any atom is -0.478 e. The second kappa shape index (κ2) is 3.84. The van der Waals surface area contributed by atoms with Gasteiger partial charge in [-0.15, -0.1) is 0 Å². The summed E-state index contributed by atoms with van der Waals surface area (Å²) in [6.07, 6.45) is 0. The molecule has 1 aromatic rings. The number of hydrogen-bond acceptors (Lipinski definition) is 2. The molecule has 0 atom stereocenters. The van der Waals surface area contributed by atoms with Crippen LogP contribution in [0.3, 0.4) is 0 Å². The molecule has 0 saturated carbocycles. The Kier molecular flexibility index (Phi) is 2.79. The highest BCUT2D eigenvalue weighted by atomic mass is 19.1. The van der Waals surface area contributed by atoms with Crippen molar-refractivity contribution in [3.05, 3.63) is 29.8 Å². The summed E-state index contributed by atoms with van der Waals surface area (Å²) in [6.45, 7) is -0.544. The summed E-state index contributed by atoms with van der Waals surface area (Å²) in [6, 6.07) is 3.25. The third-order valence-corrected chi connectivity index (χ3v) is 1.28. The molecule has 3 nitrogen and oxygen atoms in total. The van der Waals surface area contributed by atoms with Crippen molar-refractivity contribution in [3.8, 4) is 5.75 Å². The van der Waals surface area contributed by atoms with Gasteiger partial charge < -0.3 is 10.5 Å². The third kappa shape index (κ3) is 2.40. The monoisotopic (exact) mass is 187 g/mol. The molecule has 13 heavy (non-hydrogen) atoms. The van der Waals surface area contributed by atoms with E-state index in [-0.39, 0.29) is 0 Å². The van der Waals surface area contributed by atoms with Crippen LogP contribution in [0.1, 0.15) is 0 Å². The summed E-state index contributed by atoms with van der Waals surface area (Å²) in [4.78, 5) is 10.2. The Morgan fingerprint density at radius 1 is 1.38 bits per heavy atom. The largest absolute Gasteiger partial charge is 0.478 e. The van der Waals surface area contributed by atoms with Gasteiger partial charge in [-0.3, -0.25) is 4.79 Å². The van der Waals surface area contributed by atoms with Crippen LogP contribution in [0.4, 0.5) is 8.78 Å². The molecule has 0 aliphatic carbocycles. The van der Waals surface area contributed by atoms with Crippen LogP contribution in [0.5, 0.6) is 5.75 Å². The number of carbonyl (C=O) groups excluding carboxylic acids is 1. The second-order valence-corrected chi connectivity index (χ2v) is 2.31. The zero-order valence-corrected chi connectivity index (χ0v) is 6.59. The molecule has 0 unspecified atom stereocenters. The number of hydrogen-bond donors (Lipinski definition) is 1. The lowest BCUT2D eigenvalue weighted by Crippen LogP contribution is -2.20. The van der Waals surface area contributed by atoms with Crippen LogP contribution in [0.25, 0.3) is 0 Å². The number of benzene rings is 1. The Labute approximate surface area is 73.1 Å². The topological polar surface area (TPSA) is 52.3 Å². The Hall–Kier alpha value is -1.65. The molecule has 0 bridgehead atoms. The SMILES string of the molecule is NC(=O)COc1c(F)cccc1F. The maximum atomic E-state index is 12.8. The predicted octanol–water partition coefficient (Wildman–Crippen LogP) is 0.829. The first-order valence-electron chi connectivity index (χ1n) is 3.46. The first-order valence-corrected chi connectivity index (χ1v) is 3.46. The molecule has 2 N–H and O–H groups in total. The molecule has 0 saturated heterocycles. The highest BCUT2D eigenvalue weighted by molar-refractivity contribution is 5.75. The maximum Gasteiger partial charge on any atom is 0.255 e. The summed E-state index contributed by atoms with van der Waals surface area (Å²) in [5.41, 5.74) is 4.73. The van der Waals surface area contributed by atoms with Gasteiger partial charge in [0.1, 0.15) is 0 Å². The highest BCUT2D eigenvalue weighted by Crippen LogP contribution is 2.20. The smallest absolute Gasteiger partial charge is 0.255 e. The number of primary amides is 1. The van der Waals surface area contributed by atoms with Crippen LogP contribution < -0.4 is 10.5 Å². The molecule has 0 heterocycles. The number of rotatable bonds is 3. The van der Waals surface area contributed by atoms with E-state index in [9.17, 15) is 13.6 Å². The first-order chi connectivity index (χ1) is 6.11. The van der Waals surface area contributed by atoms with Crippen LogP contribution in [-0.4, -0.2) is 12.5 Å². The van der Waals surface area contributed by atoms with Crippen molar-refractivity contribution in [2.24, 2.45) is 5.73 Å². The van der Waals surface area contributed by atoms with E-state index in [1.807, 2.05) is 0 Å². The van der Waals surface area contributed by atoms with Crippen LogP contribution in [0.2, 0.25) is 0 Å². The van der Waals surface area contributed by atoms with E-state index in [1.165, 1.54) is 6.07 Å². The van der Waals surface area contributed by atoms with Gasteiger partial charge in [-0.25, -0.2) is 8.78 Å². The molecule has 1 aromatic carbocycles. The van der Waals surface area contributed by atoms with Gasteiger partial charge in [0, 0.05) is 0 Å². The lowest BCUT2D eigenvalue weighted by molar-refractivity contribution is -0.120. The van der Waals surface area contributed by atoms with Gasteiger partial charge >= 0.3 is 0 Å². The molecule has 0 aliphatic heterocycles. The minimum absolute atomic E-state index is 0.544. The second-order valence-electron chi connectivity index (χ2n) is 2.31. The zero-order chi connectivity index (χ0) is 9.84. The standard InChI is InChI=1S/C8H7F2NO2/c9-5-2-1-3-6(10)8(5)13-4-7(11)12/h1-3H,4H2,(H2,11,12). The van der Waals surface area contributed by atoms with E-state index in [1.54, 1.807) is 0 Å². The van der Waals surface area contributed by atoms with Gasteiger partial charge in [0.25, 0.3) is 5.91 Å². The van der Waals surface area contributed by atoms with Crippen LogP contribution in [0.15, 0.2) is 18.2 Å². The molecule has 5 heteroatoms. The average molecular weight is 187 g/mol. The summed E-state index contributed by atoms with van der Waals surface area (Å²) in [5.74, 6) is -3.09. The van der Waals surface area contributed by atoms with E-state index < -0.39 is 29.9 Å². The van der Waals surface area contributed by atoms with Crippen molar-refractivity contribution in [3.63, 3.8) is 0 Å². The number of nitrogens with two attached hydrogens (primary N) is 1. The summed E-state index contributed by atoms with van der Waals surface area (Å²) >= 11 is 0. The van der Waals surface area contributed by atoms with Crippen molar-refractivity contribution in [1.82, 2.24) is 0 Å². The quantitative estimate of drug-likeness (QED) is 0.761. The van der Waals surface area contributed by atoms with Crippen molar-refractivity contribution in [2.75, 3.05) is 6.61 Å². The molecular formula is C8H7F2NO2. The molecule has 70 valence electrons. The maximum absolute atomic E-state index is 12.8. The average Bonchev–Trinajstić information content (AvgIpc) is 2.03. The van der Waals surface area contributed by atoms with Gasteiger partial charge in [-0.2, -0.15) is 0 Å². The molecule has 1 amide bonds. The van der Waals surface area contributed by atoms with E-state index in [4.69, 9.17) is 5.73 Å². The lowest BCUT2D eigenvalue weighted by Gasteiger charge is -2.04. The molecule has 0 radical (unpaired) electrons. The number of carbonyl (C=O) groups is 1. The van der Waals surface area contributed by atoms with Crippen LogP contribution in [0, 0.1) is 11.6 Å². The third-order valence-electron chi connectivity index (χ3n) is 1.28. The van der Waals surface area contributed by atoms with Gasteiger partial charge in [0.2, 0.25) is 0 Å². The van der Waals surface area contributed by atoms with Crippen LogP contribution in [-0.2, 0) is 4.79 Å². The summed E-state index contributed by atoms with van der Waals surface area (Å²) in [7, 11) is 0. The van der Waals surface area contributed by atoms with Gasteiger partial charge in [0.15, 0.2) is 24.0 Å². The molecular weight excluding hydrogens is 180 g/mol. The molecule has 0 aliphatic rings. The lowest BCUT2D eigenvalue weighted by atomic mass is 10.3. The van der Waals surface area contributed by atoms with E-state index in [2.05, 4.69) is 4.74 Å². The Bertz CT molecular complexity index is 308. The fourth-order valence-corrected chi connectivity index (χ4v) is 0.764. The van der Waals surface area contributed by atoms with Crippen LogP contribution >= 0.6 is 0 Å². The number of para-hydroxylation sites is 1. The fourth-order valence-electron chi connectivity index (χ4n) is 0.764. The highest BCUT2D eigenvalue weighted by Gasteiger charge is 2.09. The summed E-state index contributed by atoms with van der Waals surface area (Å²) < 4.78 is 30.1. The predicted molar refractivity (Wildman–Crippen MR) is 41.0 cm³/mol. The van der Waals surface area contributed by atoms with Crippen molar-refractivity contribution < 1.29 is 18.3 Å². The Balaban J connectivity index is 2.81. The van der Waals surface area contributed by atoms with Crippen molar-refractivity contribution in [1.29, 1.82) is 0 Å². The van der Waals surface area contributed by atoms with E-state index in [0.717, 1.165) is 12.1 Å². The number of halogens is 2. The number of amides is 1. The van der Waals surface area contributed by atoms with Gasteiger partial charge in [0.05, 0.1) is 0 Å². The number of ether oxygens (including phenoxy) is 1. The van der Waals surface area contributed by atoms with Crippen molar-refractivity contribution >= 4 is 5.91 Å². The molecule has 0 aromatic heterocycles.